The summed E-state index contributed by atoms with van der Waals surface area (Å²) in [6.07, 6.45) is 0. The van der Waals surface area contributed by atoms with Crippen molar-refractivity contribution in [1.29, 1.82) is 0 Å². The minimum atomic E-state index is -0.884. The van der Waals surface area contributed by atoms with Gasteiger partial charge in [-0.2, -0.15) is 0 Å². The normalized spacial score (nSPS) is 14.4. The first-order chi connectivity index (χ1) is 9.43. The third kappa shape index (κ3) is 2.53. The zero-order valence-electron chi connectivity index (χ0n) is 11.7. The lowest BCUT2D eigenvalue weighted by atomic mass is 10.0. The first-order valence-corrected chi connectivity index (χ1v) is 7.04. The van der Waals surface area contributed by atoms with Crippen molar-refractivity contribution >= 4 is 17.5 Å². The lowest BCUT2D eigenvalue weighted by molar-refractivity contribution is -0.142. The topological polar surface area (TPSA) is 107 Å². The molecule has 2 heterocycles. The number of carbonyl (C=O) groups is 1. The van der Waals surface area contributed by atoms with E-state index in [0.717, 1.165) is 10.6 Å². The number of hydrogen-bond acceptors (Lipinski definition) is 7. The van der Waals surface area contributed by atoms with E-state index >= 15 is 0 Å². The van der Waals surface area contributed by atoms with Crippen molar-refractivity contribution in [3.05, 3.63) is 5.69 Å². The van der Waals surface area contributed by atoms with Crippen molar-refractivity contribution in [3.63, 3.8) is 0 Å². The lowest BCUT2D eigenvalue weighted by Gasteiger charge is -2.17. The SMILES string of the molecule is CC(C)c1nnsc1-c1nnnn1C(C)C(C)C(=O)O. The average Bonchev–Trinajstić information content (AvgIpc) is 3.04. The average molecular weight is 296 g/mol. The van der Waals surface area contributed by atoms with E-state index in [1.165, 1.54) is 16.2 Å². The van der Waals surface area contributed by atoms with Crippen LogP contribution in [0.5, 0.6) is 0 Å². The molecule has 0 bridgehead atoms. The molecule has 0 aliphatic heterocycles. The molecule has 0 amide bonds. The molecular formula is C11H16N6O2S. The van der Waals surface area contributed by atoms with Gasteiger partial charge in [0.1, 0.15) is 4.88 Å². The number of hydrogen-bond donors (Lipinski definition) is 1. The summed E-state index contributed by atoms with van der Waals surface area (Å²) in [7, 11) is 0. The fraction of sp³-hybridized carbons (Fsp3) is 0.636. The Morgan fingerprint density at radius 3 is 2.55 bits per heavy atom. The second-order valence-electron chi connectivity index (χ2n) is 4.96. The van der Waals surface area contributed by atoms with Crippen LogP contribution in [0.2, 0.25) is 0 Å². The van der Waals surface area contributed by atoms with Gasteiger partial charge in [-0.15, -0.1) is 10.2 Å². The summed E-state index contributed by atoms with van der Waals surface area (Å²) in [6, 6.07) is -0.361. The first kappa shape index (κ1) is 14.5. The third-order valence-electron chi connectivity index (χ3n) is 3.25. The van der Waals surface area contributed by atoms with Crippen molar-refractivity contribution < 1.29 is 9.90 Å². The predicted molar refractivity (Wildman–Crippen MR) is 72.3 cm³/mol. The minimum Gasteiger partial charge on any atom is -0.481 e. The molecule has 0 aromatic carbocycles. The Hall–Kier alpha value is -1.90. The molecule has 8 nitrogen and oxygen atoms in total. The highest BCUT2D eigenvalue weighted by atomic mass is 32.1. The molecule has 0 saturated carbocycles. The van der Waals surface area contributed by atoms with Crippen LogP contribution >= 0.6 is 11.5 Å². The highest BCUT2D eigenvalue weighted by Gasteiger charge is 2.27. The van der Waals surface area contributed by atoms with Gasteiger partial charge in [0.25, 0.3) is 0 Å². The van der Waals surface area contributed by atoms with E-state index in [4.69, 9.17) is 5.11 Å². The predicted octanol–water partition coefficient (Wildman–Crippen LogP) is 1.60. The van der Waals surface area contributed by atoms with E-state index in [2.05, 4.69) is 25.1 Å². The smallest absolute Gasteiger partial charge is 0.308 e. The fourth-order valence-corrected chi connectivity index (χ4v) is 2.56. The molecular weight excluding hydrogens is 280 g/mol. The Labute approximate surface area is 120 Å². The minimum absolute atomic E-state index is 0.195. The van der Waals surface area contributed by atoms with Crippen LogP contribution in [0.1, 0.15) is 45.3 Å². The van der Waals surface area contributed by atoms with Crippen LogP contribution in [0.4, 0.5) is 0 Å². The fourth-order valence-electron chi connectivity index (χ4n) is 1.77. The van der Waals surface area contributed by atoms with Crippen LogP contribution in [0.3, 0.4) is 0 Å². The molecule has 0 radical (unpaired) electrons. The van der Waals surface area contributed by atoms with Gasteiger partial charge in [0, 0.05) is 0 Å². The number of aromatic nitrogens is 6. The molecule has 0 aliphatic rings. The molecule has 9 heteroatoms. The van der Waals surface area contributed by atoms with Gasteiger partial charge < -0.3 is 5.11 Å². The molecule has 2 atom stereocenters. The maximum absolute atomic E-state index is 11.1. The van der Waals surface area contributed by atoms with Crippen LogP contribution in [-0.4, -0.2) is 40.9 Å². The molecule has 20 heavy (non-hydrogen) atoms. The van der Waals surface area contributed by atoms with Crippen molar-refractivity contribution in [1.82, 2.24) is 29.8 Å². The van der Waals surface area contributed by atoms with E-state index < -0.39 is 11.9 Å². The number of nitrogens with zero attached hydrogens (tertiary/aromatic N) is 6. The molecule has 0 saturated heterocycles. The summed E-state index contributed by atoms with van der Waals surface area (Å²) < 4.78 is 5.47. The van der Waals surface area contributed by atoms with E-state index in [1.807, 2.05) is 13.8 Å². The second kappa shape index (κ2) is 5.61. The maximum atomic E-state index is 11.1. The van der Waals surface area contributed by atoms with Crippen LogP contribution in [0.25, 0.3) is 10.7 Å². The van der Waals surface area contributed by atoms with Crippen LogP contribution < -0.4 is 0 Å². The molecule has 2 aromatic heterocycles. The molecule has 0 fully saturated rings. The standard InChI is InChI=1S/C11H16N6O2S/c1-5(2)8-9(20-16-12-8)10-13-14-15-17(10)7(4)6(3)11(18)19/h5-7H,1-4H3,(H,18,19). The molecule has 2 rings (SSSR count). The van der Waals surface area contributed by atoms with Gasteiger partial charge in [-0.1, -0.05) is 18.3 Å². The highest BCUT2D eigenvalue weighted by molar-refractivity contribution is 7.09. The van der Waals surface area contributed by atoms with Crippen LogP contribution in [0, 0.1) is 5.92 Å². The number of rotatable bonds is 5. The van der Waals surface area contributed by atoms with E-state index in [0.29, 0.717) is 5.82 Å². The van der Waals surface area contributed by atoms with E-state index in [-0.39, 0.29) is 12.0 Å². The Kier molecular flexibility index (Phi) is 4.07. The van der Waals surface area contributed by atoms with Gasteiger partial charge in [-0.05, 0) is 41.7 Å². The molecule has 1 N–H and O–H groups in total. The Bertz CT molecular complexity index is 608. The van der Waals surface area contributed by atoms with Gasteiger partial charge >= 0.3 is 5.97 Å². The molecule has 0 spiro atoms. The lowest BCUT2D eigenvalue weighted by Crippen LogP contribution is -2.23. The quantitative estimate of drug-likeness (QED) is 0.892. The van der Waals surface area contributed by atoms with Crippen LogP contribution in [0.15, 0.2) is 0 Å². The van der Waals surface area contributed by atoms with E-state index in [1.54, 1.807) is 13.8 Å². The zero-order valence-corrected chi connectivity index (χ0v) is 12.5. The first-order valence-electron chi connectivity index (χ1n) is 6.26. The summed E-state index contributed by atoms with van der Waals surface area (Å²) in [5.41, 5.74) is 0.821. The molecule has 2 unspecified atom stereocenters. The van der Waals surface area contributed by atoms with Gasteiger partial charge in [0.15, 0.2) is 5.82 Å². The summed E-state index contributed by atoms with van der Waals surface area (Å²) in [5, 5.41) is 24.8. The summed E-state index contributed by atoms with van der Waals surface area (Å²) in [5.74, 6) is -0.767. The molecule has 108 valence electrons. The van der Waals surface area contributed by atoms with Gasteiger partial charge in [-0.25, -0.2) is 4.68 Å². The largest absolute Gasteiger partial charge is 0.481 e. The summed E-state index contributed by atoms with van der Waals surface area (Å²) in [6.45, 7) is 7.43. The second-order valence-corrected chi connectivity index (χ2v) is 5.71. The maximum Gasteiger partial charge on any atom is 0.308 e. The number of aliphatic carboxylic acids is 1. The summed E-state index contributed by atoms with van der Waals surface area (Å²) >= 11 is 1.22. The number of tetrazole rings is 1. The number of carboxylic acid groups (broad SMARTS) is 1. The Morgan fingerprint density at radius 2 is 1.95 bits per heavy atom. The third-order valence-corrected chi connectivity index (χ3v) is 3.99. The highest BCUT2D eigenvalue weighted by Crippen LogP contribution is 2.31. The van der Waals surface area contributed by atoms with Crippen molar-refractivity contribution in [3.8, 4) is 10.7 Å². The zero-order chi connectivity index (χ0) is 14.9. The van der Waals surface area contributed by atoms with E-state index in [9.17, 15) is 4.79 Å². The van der Waals surface area contributed by atoms with Gasteiger partial charge in [-0.3, -0.25) is 4.79 Å². The van der Waals surface area contributed by atoms with Crippen molar-refractivity contribution in [2.24, 2.45) is 5.92 Å². The van der Waals surface area contributed by atoms with Crippen molar-refractivity contribution in [2.45, 2.75) is 39.7 Å². The monoisotopic (exact) mass is 296 g/mol. The summed E-state index contributed by atoms with van der Waals surface area (Å²) in [4.78, 5) is 11.9. The number of carboxylic acids is 1. The molecule has 2 aromatic rings. The van der Waals surface area contributed by atoms with Gasteiger partial charge in [0.2, 0.25) is 0 Å². The van der Waals surface area contributed by atoms with Crippen molar-refractivity contribution in [2.75, 3.05) is 0 Å². The van der Waals surface area contributed by atoms with Crippen LogP contribution in [-0.2, 0) is 4.79 Å². The Balaban J connectivity index is 2.43. The van der Waals surface area contributed by atoms with Gasteiger partial charge in [0.05, 0.1) is 17.7 Å². The Morgan fingerprint density at radius 1 is 1.25 bits per heavy atom. The molecule has 0 aliphatic carbocycles.